The molecule has 1 N–H and O–H groups in total. The van der Waals surface area contributed by atoms with Crippen molar-refractivity contribution in [2.45, 2.75) is 56.1 Å². The van der Waals surface area contributed by atoms with E-state index in [1.807, 2.05) is 37.3 Å². The molecule has 0 radical (unpaired) electrons. The van der Waals surface area contributed by atoms with Crippen LogP contribution in [0.3, 0.4) is 0 Å². The summed E-state index contributed by atoms with van der Waals surface area (Å²) in [4.78, 5) is 0. The van der Waals surface area contributed by atoms with E-state index >= 15 is 0 Å². The molecule has 5 rings (SSSR count). The van der Waals surface area contributed by atoms with Crippen LogP contribution in [-0.4, -0.2) is 47.5 Å². The Morgan fingerprint density at radius 3 is 2.48 bits per heavy atom. The highest BCUT2D eigenvalue weighted by Gasteiger charge is 2.46. The van der Waals surface area contributed by atoms with Crippen LogP contribution in [0.25, 0.3) is 5.73 Å². The summed E-state index contributed by atoms with van der Waals surface area (Å²) in [6.45, 7) is 4.09. The molecule has 3 heterocycles. The van der Waals surface area contributed by atoms with Gasteiger partial charge < -0.3 is 19.4 Å². The zero-order valence-corrected chi connectivity index (χ0v) is 19.9. The van der Waals surface area contributed by atoms with Crippen molar-refractivity contribution in [1.82, 2.24) is 10.2 Å². The number of likely N-dealkylation sites (tertiary alicyclic amines) is 1. The zero-order chi connectivity index (χ0) is 23.1. The number of benzene rings is 2. The van der Waals surface area contributed by atoms with E-state index in [0.29, 0.717) is 24.6 Å². The molecule has 1 unspecified atom stereocenters. The largest absolute Gasteiger partial charge is 0.664 e. The lowest BCUT2D eigenvalue weighted by atomic mass is 9.76. The summed E-state index contributed by atoms with van der Waals surface area (Å²) in [5.74, 6) is 2.26. The van der Waals surface area contributed by atoms with Crippen LogP contribution >= 0.6 is 0 Å². The Balaban J connectivity index is 1.36. The van der Waals surface area contributed by atoms with Crippen molar-refractivity contribution in [1.29, 1.82) is 0 Å². The van der Waals surface area contributed by atoms with E-state index in [1.165, 1.54) is 5.56 Å². The zero-order valence-electron chi connectivity index (χ0n) is 19.9. The fourth-order valence-corrected chi connectivity index (χ4v) is 5.33. The summed E-state index contributed by atoms with van der Waals surface area (Å²) in [6.07, 6.45) is 4.29. The lowest BCUT2D eigenvalue weighted by molar-refractivity contribution is -0.897. The van der Waals surface area contributed by atoms with Gasteiger partial charge in [0.2, 0.25) is 11.8 Å². The van der Waals surface area contributed by atoms with Crippen molar-refractivity contribution in [2.75, 3.05) is 27.2 Å². The van der Waals surface area contributed by atoms with Gasteiger partial charge in [-0.3, -0.25) is 0 Å². The van der Waals surface area contributed by atoms with Gasteiger partial charge in [0.15, 0.2) is 0 Å². The first-order valence-corrected chi connectivity index (χ1v) is 12.0. The molecule has 0 aliphatic carbocycles. The highest BCUT2D eigenvalue weighted by molar-refractivity contribution is 5.40. The van der Waals surface area contributed by atoms with Gasteiger partial charge in [0.25, 0.3) is 0 Å². The molecule has 6 heteroatoms. The van der Waals surface area contributed by atoms with E-state index in [2.05, 4.69) is 48.6 Å². The smallest absolute Gasteiger partial charge is 0.217 e. The maximum Gasteiger partial charge on any atom is 0.217 e. The number of hydrogen-bond donors (Lipinski definition) is 0. The Kier molecular flexibility index (Phi) is 5.53. The molecule has 0 amide bonds. The maximum absolute atomic E-state index is 8.83. The van der Waals surface area contributed by atoms with Crippen LogP contribution in [-0.2, 0) is 18.4 Å². The van der Waals surface area contributed by atoms with Gasteiger partial charge in [0.05, 0.1) is 27.2 Å². The molecular formula is C27H34N4O2. The van der Waals surface area contributed by atoms with E-state index < -0.39 is 5.54 Å². The Bertz CT molecular complexity index is 1100. The van der Waals surface area contributed by atoms with Crippen LogP contribution in [0.1, 0.15) is 55.0 Å². The SMILES string of the molecule is C[C@@]([NH-])(Cc1ccccc1)c1nnc(CC2CC3(CC[N+](C)(C)CC3)Oc3ccccc32)o1. The summed E-state index contributed by atoms with van der Waals surface area (Å²) in [5.41, 5.74) is 10.1. The minimum Gasteiger partial charge on any atom is -0.664 e. The van der Waals surface area contributed by atoms with Crippen molar-refractivity contribution in [3.8, 4) is 5.75 Å². The normalized spacial score (nSPS) is 22.8. The first kappa shape index (κ1) is 22.1. The predicted molar refractivity (Wildman–Crippen MR) is 128 cm³/mol. The molecule has 6 nitrogen and oxygen atoms in total. The minimum absolute atomic E-state index is 0.118. The number of nitrogens with one attached hydrogen (secondary N) is 1. The summed E-state index contributed by atoms with van der Waals surface area (Å²) >= 11 is 0. The Labute approximate surface area is 196 Å². The highest BCUT2D eigenvalue weighted by Crippen LogP contribution is 2.47. The molecule has 1 spiro atoms. The third kappa shape index (κ3) is 4.68. The highest BCUT2D eigenvalue weighted by atomic mass is 16.5. The monoisotopic (exact) mass is 446 g/mol. The molecule has 2 aliphatic rings. The van der Waals surface area contributed by atoms with Crippen molar-refractivity contribution < 1.29 is 13.6 Å². The van der Waals surface area contributed by atoms with Crippen LogP contribution in [0.5, 0.6) is 5.75 Å². The van der Waals surface area contributed by atoms with Crippen LogP contribution < -0.4 is 4.74 Å². The first-order valence-electron chi connectivity index (χ1n) is 12.0. The van der Waals surface area contributed by atoms with Gasteiger partial charge in [-0.25, -0.2) is 0 Å². The molecule has 2 aliphatic heterocycles. The third-order valence-electron chi connectivity index (χ3n) is 7.41. The van der Waals surface area contributed by atoms with Crippen LogP contribution in [0.2, 0.25) is 0 Å². The molecule has 0 saturated carbocycles. The van der Waals surface area contributed by atoms with Gasteiger partial charge in [0.1, 0.15) is 11.4 Å². The number of quaternary nitrogens is 1. The Hall–Kier alpha value is -2.70. The third-order valence-corrected chi connectivity index (χ3v) is 7.41. The van der Waals surface area contributed by atoms with E-state index in [1.54, 1.807) is 0 Å². The number of ether oxygens (including phenoxy) is 1. The molecule has 1 aromatic heterocycles. The van der Waals surface area contributed by atoms with Gasteiger partial charge in [-0.05, 0) is 35.6 Å². The lowest BCUT2D eigenvalue weighted by Crippen LogP contribution is -2.56. The number of fused-ring (bicyclic) bond motifs is 1. The average molecular weight is 447 g/mol. The fraction of sp³-hybridized carbons (Fsp3) is 0.481. The second-order valence-electron chi connectivity index (χ2n) is 10.8. The van der Waals surface area contributed by atoms with E-state index in [4.69, 9.17) is 14.9 Å². The molecule has 2 aromatic carbocycles. The standard InChI is InChI=1S/C27H34N4O2/c1-26(28,18-20-9-5-4-6-10-20)25-30-29-24(32-25)17-21-19-27(13-15-31(2,3)16-14-27)33-23-12-8-7-11-22(21)23/h4-12,21,28H,13-19H2,1-3H3/t21?,26-/m1/s1. The molecule has 1 fully saturated rings. The summed E-state index contributed by atoms with van der Waals surface area (Å²) < 4.78 is 13.8. The number of piperidine rings is 1. The number of aromatic nitrogens is 2. The van der Waals surface area contributed by atoms with Crippen molar-refractivity contribution in [3.05, 3.63) is 83.2 Å². The van der Waals surface area contributed by atoms with Crippen molar-refractivity contribution in [2.24, 2.45) is 0 Å². The number of rotatable bonds is 5. The summed E-state index contributed by atoms with van der Waals surface area (Å²) in [7, 11) is 4.60. The second kappa shape index (κ2) is 8.26. The molecule has 1 saturated heterocycles. The van der Waals surface area contributed by atoms with E-state index in [0.717, 1.165) is 48.1 Å². The summed E-state index contributed by atoms with van der Waals surface area (Å²) in [6, 6.07) is 18.4. The average Bonchev–Trinajstić information content (AvgIpc) is 3.26. The van der Waals surface area contributed by atoms with Gasteiger partial charge in [-0.1, -0.05) is 55.5 Å². The second-order valence-corrected chi connectivity index (χ2v) is 10.8. The molecule has 0 bridgehead atoms. The fourth-order valence-electron chi connectivity index (χ4n) is 5.33. The Morgan fingerprint density at radius 1 is 1.03 bits per heavy atom. The lowest BCUT2D eigenvalue weighted by Gasteiger charge is -2.48. The van der Waals surface area contributed by atoms with Crippen molar-refractivity contribution >= 4 is 0 Å². The Morgan fingerprint density at radius 2 is 1.73 bits per heavy atom. The van der Waals surface area contributed by atoms with Crippen molar-refractivity contribution in [3.63, 3.8) is 0 Å². The number of nitrogens with zero attached hydrogens (tertiary/aromatic N) is 3. The molecule has 174 valence electrons. The van der Waals surface area contributed by atoms with Gasteiger partial charge >= 0.3 is 0 Å². The summed E-state index contributed by atoms with van der Waals surface area (Å²) in [5, 5.41) is 8.66. The van der Waals surface area contributed by atoms with Crippen LogP contribution in [0.4, 0.5) is 0 Å². The number of hydrogen-bond acceptors (Lipinski definition) is 4. The molecule has 2 atom stereocenters. The molecular weight excluding hydrogens is 412 g/mol. The minimum atomic E-state index is -0.964. The number of para-hydroxylation sites is 1. The van der Waals surface area contributed by atoms with Gasteiger partial charge in [-0.2, -0.15) is 0 Å². The first-order chi connectivity index (χ1) is 15.7. The van der Waals surface area contributed by atoms with Crippen LogP contribution in [0, 0.1) is 0 Å². The molecule has 3 aromatic rings. The van der Waals surface area contributed by atoms with E-state index in [9.17, 15) is 0 Å². The maximum atomic E-state index is 8.83. The predicted octanol–water partition coefficient (Wildman–Crippen LogP) is 5.30. The van der Waals surface area contributed by atoms with Gasteiger partial charge in [0, 0.05) is 25.2 Å². The molecule has 33 heavy (non-hydrogen) atoms. The van der Waals surface area contributed by atoms with Gasteiger partial charge in [-0.15, -0.1) is 10.2 Å². The quantitative estimate of drug-likeness (QED) is 0.499. The topological polar surface area (TPSA) is 72.0 Å². The van der Waals surface area contributed by atoms with Crippen LogP contribution in [0.15, 0.2) is 59.0 Å². The van der Waals surface area contributed by atoms with E-state index in [-0.39, 0.29) is 11.5 Å².